The number of hydrogen-bond donors (Lipinski definition) is 1. The van der Waals surface area contributed by atoms with Crippen molar-refractivity contribution in [2.24, 2.45) is 5.41 Å². The first kappa shape index (κ1) is 14.2. The molecule has 4 heteroatoms. The number of nitrogens with one attached hydrogen (secondary N) is 1. The van der Waals surface area contributed by atoms with Gasteiger partial charge < -0.3 is 15.0 Å². The molecule has 0 aromatic rings. The zero-order valence-corrected chi connectivity index (χ0v) is 11.3. The Morgan fingerprint density at radius 1 is 1.50 bits per heavy atom. The van der Waals surface area contributed by atoms with E-state index in [1.54, 1.807) is 0 Å². The molecule has 2 aliphatic heterocycles. The summed E-state index contributed by atoms with van der Waals surface area (Å²) in [4.78, 5) is 2.45. The summed E-state index contributed by atoms with van der Waals surface area (Å²) in [7, 11) is 2.23. The van der Waals surface area contributed by atoms with Crippen molar-refractivity contribution in [3.05, 3.63) is 0 Å². The average Bonchev–Trinajstić information content (AvgIpc) is 2.76. The highest BCUT2D eigenvalue weighted by atomic mass is 35.5. The van der Waals surface area contributed by atoms with Crippen molar-refractivity contribution in [1.29, 1.82) is 0 Å². The topological polar surface area (TPSA) is 24.5 Å². The van der Waals surface area contributed by atoms with Gasteiger partial charge in [0.15, 0.2) is 0 Å². The molecule has 0 aromatic heterocycles. The molecular weight excluding hydrogens is 224 g/mol. The maximum absolute atomic E-state index is 5.66. The predicted octanol–water partition coefficient (Wildman–Crippen LogP) is 1.52. The first-order chi connectivity index (χ1) is 7.18. The van der Waals surface area contributed by atoms with Crippen molar-refractivity contribution in [3.63, 3.8) is 0 Å². The second kappa shape index (κ2) is 6.20. The van der Waals surface area contributed by atoms with Crippen molar-refractivity contribution in [2.75, 3.05) is 39.8 Å². The third-order valence-corrected chi connectivity index (χ3v) is 3.65. The summed E-state index contributed by atoms with van der Waals surface area (Å²) >= 11 is 0. The Kier molecular flexibility index (Phi) is 5.51. The molecule has 3 nitrogen and oxygen atoms in total. The molecule has 2 fully saturated rings. The maximum Gasteiger partial charge on any atom is 0.0702 e. The number of hydrogen-bond acceptors (Lipinski definition) is 3. The largest absolute Gasteiger partial charge is 0.377 e. The van der Waals surface area contributed by atoms with Gasteiger partial charge in [0.1, 0.15) is 0 Å². The van der Waals surface area contributed by atoms with Crippen LogP contribution in [0.4, 0.5) is 0 Å². The van der Waals surface area contributed by atoms with Crippen molar-refractivity contribution in [1.82, 2.24) is 10.2 Å². The molecule has 16 heavy (non-hydrogen) atoms. The van der Waals surface area contributed by atoms with E-state index in [4.69, 9.17) is 4.74 Å². The van der Waals surface area contributed by atoms with E-state index in [2.05, 4.69) is 24.2 Å². The number of likely N-dealkylation sites (N-methyl/N-ethyl adjacent to an activating group) is 1. The van der Waals surface area contributed by atoms with E-state index in [0.29, 0.717) is 11.5 Å². The van der Waals surface area contributed by atoms with Gasteiger partial charge in [-0.1, -0.05) is 6.92 Å². The first-order valence-corrected chi connectivity index (χ1v) is 6.19. The fourth-order valence-electron chi connectivity index (χ4n) is 2.86. The Bertz CT molecular complexity index is 201. The maximum atomic E-state index is 5.66. The highest BCUT2D eigenvalue weighted by Gasteiger charge is 2.30. The minimum Gasteiger partial charge on any atom is -0.377 e. The van der Waals surface area contributed by atoms with E-state index >= 15 is 0 Å². The van der Waals surface area contributed by atoms with Gasteiger partial charge in [0.25, 0.3) is 0 Å². The second-order valence-electron chi connectivity index (χ2n) is 5.57. The minimum atomic E-state index is 0. The van der Waals surface area contributed by atoms with Crippen LogP contribution in [-0.4, -0.2) is 50.8 Å². The molecule has 2 saturated heterocycles. The quantitative estimate of drug-likeness (QED) is 0.817. The number of halogens is 1. The lowest BCUT2D eigenvalue weighted by Gasteiger charge is -2.30. The SMILES string of the molecule is CN(CC1CCCO1)CC1(C)CCNC1.Cl. The van der Waals surface area contributed by atoms with Gasteiger partial charge in [-0.15, -0.1) is 12.4 Å². The van der Waals surface area contributed by atoms with Crippen LogP contribution in [0.2, 0.25) is 0 Å². The molecule has 2 heterocycles. The van der Waals surface area contributed by atoms with Crippen LogP contribution >= 0.6 is 12.4 Å². The number of nitrogens with zero attached hydrogens (tertiary/aromatic N) is 1. The molecule has 2 unspecified atom stereocenters. The van der Waals surface area contributed by atoms with Crippen molar-refractivity contribution in [2.45, 2.75) is 32.3 Å². The molecule has 0 aromatic carbocycles. The van der Waals surface area contributed by atoms with E-state index in [-0.39, 0.29) is 12.4 Å². The smallest absolute Gasteiger partial charge is 0.0702 e. The van der Waals surface area contributed by atoms with E-state index < -0.39 is 0 Å². The summed E-state index contributed by atoms with van der Waals surface area (Å²) in [6.07, 6.45) is 4.30. The molecule has 2 aliphatic rings. The molecule has 0 radical (unpaired) electrons. The zero-order chi connectivity index (χ0) is 10.7. The van der Waals surface area contributed by atoms with Crippen LogP contribution in [0.15, 0.2) is 0 Å². The van der Waals surface area contributed by atoms with Crippen LogP contribution in [0.25, 0.3) is 0 Å². The highest BCUT2D eigenvalue weighted by molar-refractivity contribution is 5.85. The molecule has 0 bridgehead atoms. The van der Waals surface area contributed by atoms with Crippen LogP contribution in [0, 0.1) is 5.41 Å². The molecular formula is C12H25ClN2O. The lowest BCUT2D eigenvalue weighted by molar-refractivity contribution is 0.0697. The Morgan fingerprint density at radius 3 is 2.88 bits per heavy atom. The molecule has 0 amide bonds. The number of ether oxygens (including phenoxy) is 1. The molecule has 0 saturated carbocycles. The molecule has 2 atom stereocenters. The third-order valence-electron chi connectivity index (χ3n) is 3.65. The van der Waals surface area contributed by atoms with Gasteiger partial charge in [-0.05, 0) is 38.3 Å². The van der Waals surface area contributed by atoms with Gasteiger partial charge in [-0.25, -0.2) is 0 Å². The van der Waals surface area contributed by atoms with Crippen LogP contribution in [0.1, 0.15) is 26.2 Å². The minimum absolute atomic E-state index is 0. The molecule has 96 valence electrons. The van der Waals surface area contributed by atoms with Gasteiger partial charge in [-0.2, -0.15) is 0 Å². The van der Waals surface area contributed by atoms with E-state index in [9.17, 15) is 0 Å². The molecule has 2 rings (SSSR count). The van der Waals surface area contributed by atoms with Crippen molar-refractivity contribution >= 4 is 12.4 Å². The summed E-state index contributed by atoms with van der Waals surface area (Å²) < 4.78 is 5.66. The fourth-order valence-corrected chi connectivity index (χ4v) is 2.86. The van der Waals surface area contributed by atoms with Gasteiger partial charge in [-0.3, -0.25) is 0 Å². The van der Waals surface area contributed by atoms with Crippen molar-refractivity contribution < 1.29 is 4.74 Å². The molecule has 0 aliphatic carbocycles. The van der Waals surface area contributed by atoms with Crippen LogP contribution in [0.3, 0.4) is 0 Å². The Labute approximate surface area is 105 Å². The molecule has 1 N–H and O–H groups in total. The van der Waals surface area contributed by atoms with Crippen LogP contribution < -0.4 is 5.32 Å². The van der Waals surface area contributed by atoms with E-state index in [1.807, 2.05) is 0 Å². The average molecular weight is 249 g/mol. The third kappa shape index (κ3) is 3.88. The summed E-state index contributed by atoms with van der Waals surface area (Å²) in [6.45, 7) is 8.01. The van der Waals surface area contributed by atoms with Gasteiger partial charge >= 0.3 is 0 Å². The Hall–Kier alpha value is 0.170. The summed E-state index contributed by atoms with van der Waals surface area (Å²) in [5.41, 5.74) is 0.480. The van der Waals surface area contributed by atoms with Gasteiger partial charge in [0.2, 0.25) is 0 Å². The van der Waals surface area contributed by atoms with Crippen molar-refractivity contribution in [3.8, 4) is 0 Å². The number of rotatable bonds is 4. The zero-order valence-electron chi connectivity index (χ0n) is 10.5. The van der Waals surface area contributed by atoms with Crippen LogP contribution in [0.5, 0.6) is 0 Å². The summed E-state index contributed by atoms with van der Waals surface area (Å²) in [5.74, 6) is 0. The Morgan fingerprint density at radius 2 is 2.31 bits per heavy atom. The van der Waals surface area contributed by atoms with Gasteiger partial charge in [0.05, 0.1) is 6.10 Å². The molecule has 0 spiro atoms. The summed E-state index contributed by atoms with van der Waals surface area (Å²) in [5, 5.41) is 3.45. The van der Waals surface area contributed by atoms with E-state index in [1.165, 1.54) is 38.9 Å². The normalized spacial score (nSPS) is 34.3. The Balaban J connectivity index is 0.00000128. The van der Waals surface area contributed by atoms with E-state index in [0.717, 1.165) is 13.2 Å². The lowest BCUT2D eigenvalue weighted by atomic mass is 9.89. The van der Waals surface area contributed by atoms with Gasteiger partial charge in [0, 0.05) is 26.2 Å². The van der Waals surface area contributed by atoms with Crippen LogP contribution in [-0.2, 0) is 4.74 Å². The highest BCUT2D eigenvalue weighted by Crippen LogP contribution is 2.25. The fraction of sp³-hybridized carbons (Fsp3) is 1.00. The second-order valence-corrected chi connectivity index (χ2v) is 5.57. The predicted molar refractivity (Wildman–Crippen MR) is 69.3 cm³/mol. The monoisotopic (exact) mass is 248 g/mol. The summed E-state index contributed by atoms with van der Waals surface area (Å²) in [6, 6.07) is 0. The lowest BCUT2D eigenvalue weighted by Crippen LogP contribution is -2.38. The standard InChI is InChI=1S/C12H24N2O.ClH/c1-12(5-6-13-9-12)10-14(2)8-11-4-3-7-15-11;/h11,13H,3-10H2,1-2H3;1H. The first-order valence-electron chi connectivity index (χ1n) is 6.19.